The third kappa shape index (κ3) is 7.14. The summed E-state index contributed by atoms with van der Waals surface area (Å²) in [5, 5.41) is 9.12. The van der Waals surface area contributed by atoms with Crippen molar-refractivity contribution in [3.8, 4) is 0 Å². The Bertz CT molecular complexity index is 607. The Morgan fingerprint density at radius 2 is 1.89 bits per heavy atom. The summed E-state index contributed by atoms with van der Waals surface area (Å²) in [6.45, 7) is 16.2. The van der Waals surface area contributed by atoms with Gasteiger partial charge in [-0.25, -0.2) is 9.78 Å². The fraction of sp³-hybridized carbons (Fsp3) is 0.750. The number of nitrogens with one attached hydrogen (secondary N) is 3. The Balaban J connectivity index is 0.00000190. The highest BCUT2D eigenvalue weighted by atomic mass is 16.2. The monoisotopic (exact) mass is 394 g/mol. The van der Waals surface area contributed by atoms with E-state index in [1.165, 1.54) is 0 Å². The van der Waals surface area contributed by atoms with Crippen LogP contribution >= 0.6 is 0 Å². The van der Waals surface area contributed by atoms with Crippen LogP contribution in [0.5, 0.6) is 0 Å². The Kier molecular flexibility index (Phi) is 8.94. The molecule has 1 aliphatic heterocycles. The average Bonchev–Trinajstić information content (AvgIpc) is 3.17. The molecule has 1 fully saturated rings. The van der Waals surface area contributed by atoms with Gasteiger partial charge in [0, 0.05) is 49.7 Å². The zero-order chi connectivity index (χ0) is 21.4. The van der Waals surface area contributed by atoms with Crippen LogP contribution in [0, 0.1) is 0 Å². The van der Waals surface area contributed by atoms with Crippen molar-refractivity contribution in [3.63, 3.8) is 0 Å². The van der Waals surface area contributed by atoms with Gasteiger partial charge in [0.25, 0.3) is 0 Å². The molecule has 0 saturated carbocycles. The van der Waals surface area contributed by atoms with Crippen molar-refractivity contribution in [1.29, 1.82) is 0 Å². The molecule has 1 atom stereocenters. The number of carbonyl (C=O) groups excluding carboxylic acids is 2. The first-order valence-electron chi connectivity index (χ1n) is 10.2. The molecule has 160 valence electrons. The third-order valence-electron chi connectivity index (χ3n) is 4.53. The van der Waals surface area contributed by atoms with E-state index in [9.17, 15) is 9.59 Å². The lowest BCUT2D eigenvalue weighted by Crippen LogP contribution is -2.63. The number of aromatic nitrogens is 2. The van der Waals surface area contributed by atoms with E-state index in [0.717, 1.165) is 6.42 Å². The number of nitrogens with zero attached hydrogens (tertiary/aromatic N) is 3. The molecule has 8 heteroatoms. The summed E-state index contributed by atoms with van der Waals surface area (Å²) in [7, 11) is 0. The zero-order valence-corrected chi connectivity index (χ0v) is 18.5. The van der Waals surface area contributed by atoms with Crippen LogP contribution in [0.4, 0.5) is 4.79 Å². The van der Waals surface area contributed by atoms with Crippen molar-refractivity contribution >= 4 is 11.9 Å². The van der Waals surface area contributed by atoms with Gasteiger partial charge in [0.05, 0.1) is 6.33 Å². The molecule has 1 aliphatic rings. The molecular formula is C20H38N6O2. The topological polar surface area (TPSA) is 91.3 Å². The summed E-state index contributed by atoms with van der Waals surface area (Å²) < 4.78 is 2.03. The number of imidazole rings is 1. The molecule has 0 radical (unpaired) electrons. The highest BCUT2D eigenvalue weighted by Crippen LogP contribution is 2.18. The van der Waals surface area contributed by atoms with Gasteiger partial charge in [-0.15, -0.1) is 0 Å². The number of hydrogen-bond donors (Lipinski definition) is 3. The van der Waals surface area contributed by atoms with Gasteiger partial charge in [0.15, 0.2) is 0 Å². The lowest BCUT2D eigenvalue weighted by atomic mass is 10.0. The second-order valence-corrected chi connectivity index (χ2v) is 8.42. The summed E-state index contributed by atoms with van der Waals surface area (Å²) in [5.74, 6) is -0.123. The van der Waals surface area contributed by atoms with E-state index in [4.69, 9.17) is 0 Å². The van der Waals surface area contributed by atoms with Crippen molar-refractivity contribution in [2.45, 2.75) is 72.0 Å². The van der Waals surface area contributed by atoms with E-state index in [2.05, 4.69) is 34.8 Å². The average molecular weight is 395 g/mol. The van der Waals surface area contributed by atoms with E-state index < -0.39 is 6.04 Å². The van der Waals surface area contributed by atoms with Crippen LogP contribution in [0.25, 0.3) is 0 Å². The molecule has 1 aromatic heterocycles. The van der Waals surface area contributed by atoms with Crippen molar-refractivity contribution in [1.82, 2.24) is 30.4 Å². The van der Waals surface area contributed by atoms with Crippen molar-refractivity contribution in [3.05, 3.63) is 18.7 Å². The highest BCUT2D eigenvalue weighted by molar-refractivity contribution is 5.87. The first-order valence-corrected chi connectivity index (χ1v) is 10.2. The van der Waals surface area contributed by atoms with E-state index >= 15 is 0 Å². The standard InChI is InChI=1S/C18H32N6O2.C2H6/c1-17(2,3)22-16(26)24-11-9-19-12-14(24)15(25)21-7-6-18(4,5)23-10-8-20-13-23;1-2/h8,10,13-14,19H,6-7,9,11-12H2,1-5H3,(H,21,25)(H,22,26);1-2H3/t14-;/m1./s1. The molecule has 28 heavy (non-hydrogen) atoms. The number of carbonyl (C=O) groups is 2. The summed E-state index contributed by atoms with van der Waals surface area (Å²) in [5.41, 5.74) is -0.476. The molecule has 0 unspecified atom stereocenters. The molecule has 1 saturated heterocycles. The number of amides is 3. The SMILES string of the molecule is CC.CC(C)(C)NC(=O)N1CCNC[C@@H]1C(=O)NCCC(C)(C)n1ccnc1. The van der Waals surface area contributed by atoms with Gasteiger partial charge in [-0.3, -0.25) is 4.79 Å². The van der Waals surface area contributed by atoms with Crippen LogP contribution in [-0.4, -0.2) is 64.1 Å². The van der Waals surface area contributed by atoms with Crippen LogP contribution in [0.3, 0.4) is 0 Å². The van der Waals surface area contributed by atoms with Crippen LogP contribution in [-0.2, 0) is 10.3 Å². The Morgan fingerprint density at radius 1 is 1.21 bits per heavy atom. The normalized spacial score (nSPS) is 17.4. The van der Waals surface area contributed by atoms with E-state index in [0.29, 0.717) is 26.2 Å². The Labute approximate surface area is 169 Å². The second kappa shape index (κ2) is 10.5. The van der Waals surface area contributed by atoms with Gasteiger partial charge in [-0.2, -0.15) is 0 Å². The van der Waals surface area contributed by atoms with E-state index in [-0.39, 0.29) is 23.0 Å². The van der Waals surface area contributed by atoms with Gasteiger partial charge in [-0.05, 0) is 41.0 Å². The molecule has 0 spiro atoms. The van der Waals surface area contributed by atoms with Crippen LogP contribution < -0.4 is 16.0 Å². The Morgan fingerprint density at radius 3 is 2.46 bits per heavy atom. The lowest BCUT2D eigenvalue weighted by Gasteiger charge is -2.37. The maximum absolute atomic E-state index is 12.7. The predicted octanol–water partition coefficient (Wildman–Crippen LogP) is 1.93. The minimum atomic E-state index is -0.498. The molecule has 0 aromatic carbocycles. The first kappa shape index (κ1) is 23.9. The second-order valence-electron chi connectivity index (χ2n) is 8.42. The minimum absolute atomic E-state index is 0.123. The highest BCUT2D eigenvalue weighted by Gasteiger charge is 2.33. The quantitative estimate of drug-likeness (QED) is 0.712. The number of rotatable bonds is 5. The zero-order valence-electron chi connectivity index (χ0n) is 18.5. The molecule has 2 rings (SSSR count). The third-order valence-corrected chi connectivity index (χ3v) is 4.53. The van der Waals surface area contributed by atoms with Crippen molar-refractivity contribution in [2.24, 2.45) is 0 Å². The lowest BCUT2D eigenvalue weighted by molar-refractivity contribution is -0.126. The molecule has 2 heterocycles. The van der Waals surface area contributed by atoms with E-state index in [1.54, 1.807) is 17.4 Å². The smallest absolute Gasteiger partial charge is 0.318 e. The largest absolute Gasteiger partial charge is 0.354 e. The van der Waals surface area contributed by atoms with Gasteiger partial charge in [0.2, 0.25) is 5.91 Å². The molecular weight excluding hydrogens is 356 g/mol. The summed E-state index contributed by atoms with van der Waals surface area (Å²) >= 11 is 0. The van der Waals surface area contributed by atoms with Gasteiger partial charge < -0.3 is 25.4 Å². The fourth-order valence-corrected chi connectivity index (χ4v) is 2.93. The van der Waals surface area contributed by atoms with Gasteiger partial charge in [0.1, 0.15) is 6.04 Å². The Hall–Kier alpha value is -2.09. The summed E-state index contributed by atoms with van der Waals surface area (Å²) in [6, 6.07) is -0.694. The van der Waals surface area contributed by atoms with Crippen LogP contribution in [0.15, 0.2) is 18.7 Å². The maximum atomic E-state index is 12.7. The van der Waals surface area contributed by atoms with Crippen LogP contribution in [0.2, 0.25) is 0 Å². The van der Waals surface area contributed by atoms with Gasteiger partial charge in [-0.1, -0.05) is 13.8 Å². The fourth-order valence-electron chi connectivity index (χ4n) is 2.93. The number of piperazine rings is 1. The number of hydrogen-bond acceptors (Lipinski definition) is 4. The van der Waals surface area contributed by atoms with Crippen molar-refractivity contribution in [2.75, 3.05) is 26.2 Å². The molecule has 0 aliphatic carbocycles. The number of urea groups is 1. The minimum Gasteiger partial charge on any atom is -0.354 e. The molecule has 1 aromatic rings. The maximum Gasteiger partial charge on any atom is 0.318 e. The molecule has 8 nitrogen and oxygen atoms in total. The summed E-state index contributed by atoms with van der Waals surface area (Å²) in [4.78, 5) is 30.9. The van der Waals surface area contributed by atoms with Crippen LogP contribution in [0.1, 0.15) is 54.9 Å². The van der Waals surface area contributed by atoms with Gasteiger partial charge >= 0.3 is 6.03 Å². The molecule has 0 bridgehead atoms. The first-order chi connectivity index (χ1) is 13.1. The van der Waals surface area contributed by atoms with Crippen molar-refractivity contribution < 1.29 is 9.59 Å². The molecule has 3 N–H and O–H groups in total. The predicted molar refractivity (Wildman–Crippen MR) is 112 cm³/mol. The van der Waals surface area contributed by atoms with E-state index in [1.807, 2.05) is 45.4 Å². The molecule has 3 amide bonds. The summed E-state index contributed by atoms with van der Waals surface area (Å²) in [6.07, 6.45) is 6.22.